The van der Waals surface area contributed by atoms with Crippen molar-refractivity contribution >= 4 is 0 Å². The van der Waals surface area contributed by atoms with Crippen molar-refractivity contribution in [2.24, 2.45) is 17.8 Å². The molecule has 3 aromatic rings. The van der Waals surface area contributed by atoms with Crippen molar-refractivity contribution in [3.8, 4) is 0 Å². The first-order chi connectivity index (χ1) is 17.2. The molecule has 0 unspecified atom stereocenters. The highest BCUT2D eigenvalue weighted by Gasteiger charge is 1.69. The Labute approximate surface area is 228 Å². The van der Waals surface area contributed by atoms with Crippen LogP contribution in [0.3, 0.4) is 0 Å². The zero-order valence-electron chi connectivity index (χ0n) is 26.7. The summed E-state index contributed by atoms with van der Waals surface area (Å²) in [4.78, 5) is 11.2. The second kappa shape index (κ2) is 53.7. The third-order valence-electron chi connectivity index (χ3n) is 1.71. The lowest BCUT2D eigenvalue weighted by atomic mass is 10.3. The van der Waals surface area contributed by atoms with Crippen LogP contribution in [0, 0.1) is 17.8 Å². The van der Waals surface area contributed by atoms with Crippen LogP contribution >= 0.6 is 0 Å². The van der Waals surface area contributed by atoms with Crippen molar-refractivity contribution in [1.82, 2.24) is 15.0 Å². The molecule has 2 aromatic heterocycles. The molecule has 0 fully saturated rings. The molecule has 0 bridgehead atoms. The van der Waals surface area contributed by atoms with Crippen LogP contribution in [0.1, 0.15) is 104 Å². The minimum Gasteiger partial charge on any atom is -0.265 e. The predicted octanol–water partition coefficient (Wildman–Crippen LogP) is 11.3. The highest BCUT2D eigenvalue weighted by Crippen LogP contribution is 1.82. The molecule has 3 rings (SSSR count). The lowest BCUT2D eigenvalue weighted by Gasteiger charge is -1.79. The average molecular weight is 502 g/mol. The van der Waals surface area contributed by atoms with Crippen molar-refractivity contribution in [2.45, 2.75) is 104 Å². The van der Waals surface area contributed by atoms with Crippen LogP contribution in [-0.2, 0) is 0 Å². The Hall–Kier alpha value is -2.55. The van der Waals surface area contributed by atoms with Gasteiger partial charge >= 0.3 is 0 Å². The van der Waals surface area contributed by atoms with E-state index in [-0.39, 0.29) is 0 Å². The summed E-state index contributed by atoms with van der Waals surface area (Å²) in [5, 5.41) is 0. The maximum absolute atomic E-state index is 3.78. The number of benzene rings is 1. The summed E-state index contributed by atoms with van der Waals surface area (Å²) in [5.41, 5.74) is 0. The Morgan fingerprint density at radius 2 is 0.417 bits per heavy atom. The van der Waals surface area contributed by atoms with Crippen molar-refractivity contribution in [1.29, 1.82) is 0 Å². The standard InChI is InChI=1S/C6H6.C5H5N.C4H4N2.3C4H10.3C2H6/c2*1-2-4-6-5-3-1;1-2-6-4-3-5-1;3*1-4(2)3;3*1-2/h1-6H;1-5H;1-4H;3*4H,1-3H3;3*1-2H3. The highest BCUT2D eigenvalue weighted by molar-refractivity contribution is 4.99. The van der Waals surface area contributed by atoms with E-state index < -0.39 is 0 Å². The van der Waals surface area contributed by atoms with Gasteiger partial charge in [-0.15, -0.1) is 0 Å². The Balaban J connectivity index is -0.0000000727. The van der Waals surface area contributed by atoms with Gasteiger partial charge in [0.05, 0.1) is 0 Å². The summed E-state index contributed by atoms with van der Waals surface area (Å²) in [6, 6.07) is 17.7. The Morgan fingerprint density at radius 3 is 0.500 bits per heavy atom. The molecule has 0 atom stereocenters. The molecule has 0 spiro atoms. The molecule has 0 radical (unpaired) electrons. The molecule has 36 heavy (non-hydrogen) atoms. The molecule has 0 aliphatic rings. The first-order valence-electron chi connectivity index (χ1n) is 13.7. The minimum atomic E-state index is 0.833. The Morgan fingerprint density at radius 1 is 0.278 bits per heavy atom. The quantitative estimate of drug-likeness (QED) is 0.307. The van der Waals surface area contributed by atoms with Gasteiger partial charge in [0.15, 0.2) is 0 Å². The SMILES string of the molecule is CC.CC.CC.CC(C)C.CC(C)C.CC(C)C.c1ccccc1.c1ccncc1.c1cnccn1. The summed E-state index contributed by atoms with van der Waals surface area (Å²) < 4.78 is 0. The van der Waals surface area contributed by atoms with Crippen LogP contribution in [0.2, 0.25) is 0 Å². The largest absolute Gasteiger partial charge is 0.265 e. The van der Waals surface area contributed by atoms with Gasteiger partial charge in [-0.1, -0.05) is 146 Å². The van der Waals surface area contributed by atoms with E-state index in [1.54, 1.807) is 37.2 Å². The first kappa shape index (κ1) is 46.7. The normalized spacial score (nSPS) is 7.50. The van der Waals surface area contributed by atoms with E-state index in [2.05, 4.69) is 77.3 Å². The molecule has 0 saturated heterocycles. The van der Waals surface area contributed by atoms with E-state index in [9.17, 15) is 0 Å². The van der Waals surface area contributed by atoms with Gasteiger partial charge in [0.25, 0.3) is 0 Å². The second-order valence-electron chi connectivity index (χ2n) is 8.27. The fourth-order valence-corrected chi connectivity index (χ4v) is 0.951. The average Bonchev–Trinajstić information content (AvgIpc) is 2.90. The summed E-state index contributed by atoms with van der Waals surface area (Å²) >= 11 is 0. The number of hydrogen-bond acceptors (Lipinski definition) is 3. The monoisotopic (exact) mass is 502 g/mol. The zero-order valence-corrected chi connectivity index (χ0v) is 26.7. The molecule has 210 valence electrons. The second-order valence-corrected chi connectivity index (χ2v) is 8.27. The number of aromatic nitrogens is 3. The van der Waals surface area contributed by atoms with E-state index in [0.717, 1.165) is 17.8 Å². The Kier molecular flexibility index (Phi) is 69.7. The van der Waals surface area contributed by atoms with Gasteiger partial charge in [-0.05, 0) is 29.9 Å². The van der Waals surface area contributed by atoms with E-state index in [0.29, 0.717) is 0 Å². The van der Waals surface area contributed by atoms with Crippen molar-refractivity contribution in [3.05, 3.63) is 91.8 Å². The van der Waals surface area contributed by atoms with Crippen molar-refractivity contribution in [2.75, 3.05) is 0 Å². The van der Waals surface area contributed by atoms with E-state index in [1.807, 2.05) is 96.1 Å². The predicted molar refractivity (Wildman–Crippen MR) is 168 cm³/mol. The van der Waals surface area contributed by atoms with Gasteiger partial charge in [-0.2, -0.15) is 0 Å². The van der Waals surface area contributed by atoms with Crippen LogP contribution in [0.4, 0.5) is 0 Å². The molecule has 0 N–H and O–H groups in total. The summed E-state index contributed by atoms with van der Waals surface area (Å²) in [7, 11) is 0. The fourth-order valence-electron chi connectivity index (χ4n) is 0.951. The van der Waals surface area contributed by atoms with Crippen LogP contribution in [-0.4, -0.2) is 15.0 Å². The molecule has 0 saturated carbocycles. The molecular weight excluding hydrogens is 438 g/mol. The molecule has 3 nitrogen and oxygen atoms in total. The summed E-state index contributed by atoms with van der Waals surface area (Å²) in [6.45, 7) is 31.5. The van der Waals surface area contributed by atoms with Crippen molar-refractivity contribution in [3.63, 3.8) is 0 Å². The van der Waals surface area contributed by atoms with E-state index >= 15 is 0 Å². The first-order valence-corrected chi connectivity index (χ1v) is 13.7. The smallest absolute Gasteiger partial charge is 0.0451 e. The van der Waals surface area contributed by atoms with Gasteiger partial charge in [-0.25, -0.2) is 0 Å². The van der Waals surface area contributed by atoms with Gasteiger partial charge in [0, 0.05) is 37.2 Å². The molecule has 0 aliphatic heterocycles. The number of nitrogens with zero attached hydrogens (tertiary/aromatic N) is 3. The fraction of sp³-hybridized carbons (Fsp3) is 0.545. The molecule has 3 heteroatoms. The van der Waals surface area contributed by atoms with Gasteiger partial charge < -0.3 is 0 Å². The van der Waals surface area contributed by atoms with Gasteiger partial charge in [0.1, 0.15) is 0 Å². The van der Waals surface area contributed by atoms with Crippen LogP contribution < -0.4 is 0 Å². The molecular formula is C33H63N3. The van der Waals surface area contributed by atoms with Crippen molar-refractivity contribution < 1.29 is 0 Å². The van der Waals surface area contributed by atoms with Crippen LogP contribution in [0.5, 0.6) is 0 Å². The third kappa shape index (κ3) is 122. The number of hydrogen-bond donors (Lipinski definition) is 0. The van der Waals surface area contributed by atoms with E-state index in [1.165, 1.54) is 0 Å². The zero-order chi connectivity index (χ0) is 29.5. The third-order valence-corrected chi connectivity index (χ3v) is 1.71. The van der Waals surface area contributed by atoms with Crippen LogP contribution in [0.15, 0.2) is 91.8 Å². The molecule has 1 aromatic carbocycles. The highest BCUT2D eigenvalue weighted by atomic mass is 14.7. The molecule has 0 amide bonds. The topological polar surface area (TPSA) is 38.7 Å². The lowest BCUT2D eigenvalue weighted by Crippen LogP contribution is -1.66. The Bertz CT molecular complexity index is 406. The maximum atomic E-state index is 3.78. The molecule has 2 heterocycles. The van der Waals surface area contributed by atoms with E-state index in [4.69, 9.17) is 0 Å². The maximum Gasteiger partial charge on any atom is 0.0451 e. The summed E-state index contributed by atoms with van der Waals surface area (Å²) in [5.74, 6) is 2.50. The van der Waals surface area contributed by atoms with Crippen LogP contribution in [0.25, 0.3) is 0 Å². The number of rotatable bonds is 0. The minimum absolute atomic E-state index is 0.833. The number of pyridine rings is 1. The lowest BCUT2D eigenvalue weighted by molar-refractivity contribution is 0.736. The van der Waals surface area contributed by atoms with Gasteiger partial charge in [-0.3, -0.25) is 15.0 Å². The summed E-state index contributed by atoms with van der Waals surface area (Å²) in [6.07, 6.45) is 10.1. The molecule has 0 aliphatic carbocycles. The van der Waals surface area contributed by atoms with Gasteiger partial charge in [0.2, 0.25) is 0 Å².